The highest BCUT2D eigenvalue weighted by molar-refractivity contribution is 9.09. The smallest absolute Gasteiger partial charge is 0.251 e. The van der Waals surface area contributed by atoms with E-state index < -0.39 is 0 Å². The summed E-state index contributed by atoms with van der Waals surface area (Å²) in [6.07, 6.45) is 2.21. The summed E-state index contributed by atoms with van der Waals surface area (Å²) in [7, 11) is 0. The Morgan fingerprint density at radius 1 is 1.45 bits per heavy atom. The van der Waals surface area contributed by atoms with Crippen molar-refractivity contribution >= 4 is 33.4 Å². The molecule has 1 heterocycles. The first-order chi connectivity index (χ1) is 9.65. The van der Waals surface area contributed by atoms with Gasteiger partial charge in [0, 0.05) is 36.1 Å². The maximum atomic E-state index is 11.9. The molecule has 1 atom stereocenters. The van der Waals surface area contributed by atoms with Gasteiger partial charge in [0.2, 0.25) is 5.91 Å². The quantitative estimate of drug-likeness (QED) is 0.662. The molecule has 1 aliphatic rings. The zero-order valence-corrected chi connectivity index (χ0v) is 12.7. The van der Waals surface area contributed by atoms with Crippen molar-refractivity contribution in [2.24, 2.45) is 5.92 Å². The second-order valence-corrected chi connectivity index (χ2v) is 5.42. The van der Waals surface area contributed by atoms with Gasteiger partial charge in [-0.25, -0.2) is 0 Å². The molecule has 1 aromatic carbocycles. The number of hydrogen-bond donors (Lipinski definition) is 1. The summed E-state index contributed by atoms with van der Waals surface area (Å²) >= 11 is 3.42. The van der Waals surface area contributed by atoms with Crippen LogP contribution in [0.25, 0.3) is 0 Å². The van der Waals surface area contributed by atoms with Crippen molar-refractivity contribution in [3.05, 3.63) is 42.5 Å². The van der Waals surface area contributed by atoms with Crippen LogP contribution in [0, 0.1) is 5.92 Å². The van der Waals surface area contributed by atoms with Crippen LogP contribution in [0.2, 0.25) is 0 Å². The SMILES string of the molecule is C=CCNC(=O)c1ccc(N2CC(CBr)CC2=O)cc1. The molecule has 1 aromatic rings. The Morgan fingerprint density at radius 2 is 2.15 bits per heavy atom. The van der Waals surface area contributed by atoms with Crippen LogP contribution in [-0.2, 0) is 4.79 Å². The average molecular weight is 337 g/mol. The fraction of sp³-hybridized carbons (Fsp3) is 0.333. The maximum absolute atomic E-state index is 11.9. The lowest BCUT2D eigenvalue weighted by Crippen LogP contribution is -2.25. The first-order valence-electron chi connectivity index (χ1n) is 6.51. The van der Waals surface area contributed by atoms with E-state index in [2.05, 4.69) is 27.8 Å². The number of nitrogens with zero attached hydrogens (tertiary/aromatic N) is 1. The summed E-state index contributed by atoms with van der Waals surface area (Å²) < 4.78 is 0. The normalized spacial score (nSPS) is 18.1. The second kappa shape index (κ2) is 6.70. The summed E-state index contributed by atoms with van der Waals surface area (Å²) in [5.41, 5.74) is 1.43. The molecule has 1 fully saturated rings. The van der Waals surface area contributed by atoms with Gasteiger partial charge in [0.05, 0.1) is 0 Å². The molecule has 2 rings (SSSR count). The standard InChI is InChI=1S/C15H17BrN2O2/c1-2-7-17-15(20)12-3-5-13(6-4-12)18-10-11(9-16)8-14(18)19/h2-6,11H,1,7-10H2,(H,17,20). The van der Waals surface area contributed by atoms with E-state index in [0.29, 0.717) is 24.4 Å². The van der Waals surface area contributed by atoms with Crippen LogP contribution < -0.4 is 10.2 Å². The summed E-state index contributed by atoms with van der Waals surface area (Å²) in [5, 5.41) is 3.55. The van der Waals surface area contributed by atoms with Crippen LogP contribution in [0.1, 0.15) is 16.8 Å². The van der Waals surface area contributed by atoms with Crippen molar-refractivity contribution in [2.75, 3.05) is 23.3 Å². The molecule has 1 unspecified atom stereocenters. The van der Waals surface area contributed by atoms with Crippen LogP contribution in [-0.4, -0.2) is 30.2 Å². The number of rotatable bonds is 5. The van der Waals surface area contributed by atoms with E-state index in [1.807, 2.05) is 12.1 Å². The van der Waals surface area contributed by atoms with Crippen molar-refractivity contribution in [3.8, 4) is 0 Å². The van der Waals surface area contributed by atoms with Crippen LogP contribution in [0.3, 0.4) is 0 Å². The van der Waals surface area contributed by atoms with Crippen molar-refractivity contribution in [1.29, 1.82) is 0 Å². The summed E-state index contributed by atoms with van der Waals surface area (Å²) in [4.78, 5) is 25.4. The Morgan fingerprint density at radius 3 is 2.70 bits per heavy atom. The number of amides is 2. The molecule has 0 radical (unpaired) electrons. The monoisotopic (exact) mass is 336 g/mol. The van der Waals surface area contributed by atoms with Crippen LogP contribution >= 0.6 is 15.9 Å². The van der Waals surface area contributed by atoms with Crippen LogP contribution in [0.4, 0.5) is 5.69 Å². The van der Waals surface area contributed by atoms with Gasteiger partial charge in [0.15, 0.2) is 0 Å². The Balaban J connectivity index is 2.06. The van der Waals surface area contributed by atoms with Gasteiger partial charge in [-0.3, -0.25) is 9.59 Å². The maximum Gasteiger partial charge on any atom is 0.251 e. The third-order valence-electron chi connectivity index (χ3n) is 3.27. The molecule has 4 nitrogen and oxygen atoms in total. The van der Waals surface area contributed by atoms with Gasteiger partial charge in [-0.15, -0.1) is 6.58 Å². The number of anilines is 1. The molecule has 20 heavy (non-hydrogen) atoms. The van der Waals surface area contributed by atoms with Crippen molar-refractivity contribution in [3.63, 3.8) is 0 Å². The van der Waals surface area contributed by atoms with Gasteiger partial charge in [-0.05, 0) is 30.2 Å². The van der Waals surface area contributed by atoms with Gasteiger partial charge < -0.3 is 10.2 Å². The lowest BCUT2D eigenvalue weighted by molar-refractivity contribution is -0.117. The van der Waals surface area contributed by atoms with Gasteiger partial charge in [-0.1, -0.05) is 22.0 Å². The van der Waals surface area contributed by atoms with Gasteiger partial charge in [-0.2, -0.15) is 0 Å². The molecule has 0 spiro atoms. The predicted octanol–water partition coefficient (Wildman–Crippen LogP) is 2.35. The van der Waals surface area contributed by atoms with E-state index in [-0.39, 0.29) is 11.8 Å². The van der Waals surface area contributed by atoms with E-state index in [0.717, 1.165) is 17.6 Å². The number of alkyl halides is 1. The first-order valence-corrected chi connectivity index (χ1v) is 7.63. The second-order valence-electron chi connectivity index (χ2n) is 4.77. The Kier molecular flexibility index (Phi) is 4.95. The van der Waals surface area contributed by atoms with Crippen molar-refractivity contribution < 1.29 is 9.59 Å². The molecule has 2 amide bonds. The molecule has 0 saturated carbocycles. The summed E-state index contributed by atoms with van der Waals surface area (Å²) in [6, 6.07) is 7.11. The zero-order chi connectivity index (χ0) is 14.5. The number of benzene rings is 1. The molecular weight excluding hydrogens is 320 g/mol. The molecule has 1 saturated heterocycles. The minimum absolute atomic E-state index is 0.137. The van der Waals surface area contributed by atoms with Crippen LogP contribution in [0.15, 0.2) is 36.9 Å². The van der Waals surface area contributed by atoms with Gasteiger partial charge in [0.25, 0.3) is 5.91 Å². The molecule has 106 valence electrons. The highest BCUT2D eigenvalue weighted by Gasteiger charge is 2.29. The lowest BCUT2D eigenvalue weighted by atomic mass is 10.1. The summed E-state index contributed by atoms with van der Waals surface area (Å²) in [5.74, 6) is 0.360. The largest absolute Gasteiger partial charge is 0.349 e. The summed E-state index contributed by atoms with van der Waals surface area (Å²) in [6.45, 7) is 4.72. The molecular formula is C15H17BrN2O2. The Hall–Kier alpha value is -1.62. The van der Waals surface area contributed by atoms with Crippen molar-refractivity contribution in [2.45, 2.75) is 6.42 Å². The fourth-order valence-electron chi connectivity index (χ4n) is 2.19. The number of carbonyl (C=O) groups is 2. The highest BCUT2D eigenvalue weighted by Crippen LogP contribution is 2.26. The molecule has 1 aliphatic heterocycles. The number of nitrogens with one attached hydrogen (secondary N) is 1. The lowest BCUT2D eigenvalue weighted by Gasteiger charge is -2.16. The average Bonchev–Trinajstić information content (AvgIpc) is 2.86. The Bertz CT molecular complexity index is 513. The van der Waals surface area contributed by atoms with Crippen molar-refractivity contribution in [1.82, 2.24) is 5.32 Å². The van der Waals surface area contributed by atoms with E-state index in [1.54, 1.807) is 23.1 Å². The molecule has 0 aromatic heterocycles. The van der Waals surface area contributed by atoms with Crippen LogP contribution in [0.5, 0.6) is 0 Å². The fourth-order valence-corrected chi connectivity index (χ4v) is 2.63. The number of hydrogen-bond acceptors (Lipinski definition) is 2. The third kappa shape index (κ3) is 3.28. The molecule has 0 bridgehead atoms. The van der Waals surface area contributed by atoms with E-state index >= 15 is 0 Å². The Labute approximate surface area is 127 Å². The third-order valence-corrected chi connectivity index (χ3v) is 4.19. The minimum atomic E-state index is -0.137. The molecule has 5 heteroatoms. The van der Waals surface area contributed by atoms with E-state index in [4.69, 9.17) is 0 Å². The molecule has 0 aliphatic carbocycles. The van der Waals surface area contributed by atoms with Gasteiger partial charge >= 0.3 is 0 Å². The minimum Gasteiger partial charge on any atom is -0.349 e. The van der Waals surface area contributed by atoms with Gasteiger partial charge in [0.1, 0.15) is 0 Å². The first kappa shape index (κ1) is 14.8. The van der Waals surface area contributed by atoms with E-state index in [9.17, 15) is 9.59 Å². The molecule has 1 N–H and O–H groups in total. The van der Waals surface area contributed by atoms with E-state index in [1.165, 1.54) is 0 Å². The highest BCUT2D eigenvalue weighted by atomic mass is 79.9. The number of carbonyl (C=O) groups excluding carboxylic acids is 2. The predicted molar refractivity (Wildman–Crippen MR) is 83.2 cm³/mol. The zero-order valence-electron chi connectivity index (χ0n) is 11.1. The number of halogens is 1. The topological polar surface area (TPSA) is 49.4 Å².